The Morgan fingerprint density at radius 1 is 1.36 bits per heavy atom. The predicted octanol–water partition coefficient (Wildman–Crippen LogP) is 3.03. The van der Waals surface area contributed by atoms with E-state index in [2.05, 4.69) is 31.3 Å². The van der Waals surface area contributed by atoms with Gasteiger partial charge in [-0.25, -0.2) is 0 Å². The molecule has 0 nitrogen and oxygen atoms in total. The molecule has 0 aliphatic rings. The fourth-order valence-corrected chi connectivity index (χ4v) is 1.09. The van der Waals surface area contributed by atoms with Gasteiger partial charge in [-0.1, -0.05) is 44.3 Å². The summed E-state index contributed by atoms with van der Waals surface area (Å²) in [6.45, 7) is 4.34. The van der Waals surface area contributed by atoms with Gasteiger partial charge in [0, 0.05) is 0 Å². The highest BCUT2D eigenvalue weighted by molar-refractivity contribution is 7.79. The summed E-state index contributed by atoms with van der Waals surface area (Å²) < 4.78 is 0. The molecule has 0 bridgehead atoms. The molecule has 0 saturated heterocycles. The van der Waals surface area contributed by atoms with E-state index in [1.807, 2.05) is 12.1 Å². The summed E-state index contributed by atoms with van der Waals surface area (Å²) in [4.78, 5) is 0. The summed E-state index contributed by atoms with van der Waals surface area (Å²) in [5.41, 5.74) is 2.33. The van der Waals surface area contributed by atoms with Gasteiger partial charge in [0.25, 0.3) is 0 Å². The van der Waals surface area contributed by atoms with Crippen LogP contribution < -0.4 is 0 Å². The maximum absolute atomic E-state index is 4.71. The smallest absolute Gasteiger partial charge is 0.0636 e. The highest BCUT2D eigenvalue weighted by atomic mass is 32.1. The Bertz CT molecular complexity index is 251. The molecule has 0 aliphatic heterocycles. The van der Waals surface area contributed by atoms with Gasteiger partial charge >= 0.3 is 0 Å². The quantitative estimate of drug-likeness (QED) is 0.604. The first-order valence-corrected chi connectivity index (χ1v) is 4.13. The van der Waals surface area contributed by atoms with E-state index < -0.39 is 0 Å². The number of rotatable bonds is 2. The van der Waals surface area contributed by atoms with Crippen molar-refractivity contribution in [2.24, 2.45) is 0 Å². The van der Waals surface area contributed by atoms with Gasteiger partial charge in [-0.05, 0) is 23.1 Å². The Morgan fingerprint density at radius 3 is 2.64 bits per heavy atom. The topological polar surface area (TPSA) is 0 Å². The van der Waals surface area contributed by atoms with Crippen molar-refractivity contribution in [1.29, 1.82) is 0 Å². The van der Waals surface area contributed by atoms with E-state index in [9.17, 15) is 0 Å². The van der Waals surface area contributed by atoms with Gasteiger partial charge in [-0.15, -0.1) is 0 Å². The molecule has 11 heavy (non-hydrogen) atoms. The minimum atomic E-state index is 0.568. The second-order valence-corrected chi connectivity index (χ2v) is 3.09. The summed E-state index contributed by atoms with van der Waals surface area (Å²) >= 11 is 4.71. The summed E-state index contributed by atoms with van der Waals surface area (Å²) in [6.07, 6.45) is 0. The molecule has 0 spiro atoms. The van der Waals surface area contributed by atoms with Crippen LogP contribution >= 0.6 is 12.2 Å². The zero-order chi connectivity index (χ0) is 8.27. The third kappa shape index (κ3) is 2.12. The van der Waals surface area contributed by atoms with Gasteiger partial charge in [0.2, 0.25) is 0 Å². The monoisotopic (exact) mass is 163 g/mol. The number of benzene rings is 1. The van der Waals surface area contributed by atoms with E-state index in [0.717, 1.165) is 5.56 Å². The summed E-state index contributed by atoms with van der Waals surface area (Å²) in [5.74, 6) is 0.568. The third-order valence-corrected chi connectivity index (χ3v) is 1.91. The van der Waals surface area contributed by atoms with Crippen molar-refractivity contribution in [2.75, 3.05) is 0 Å². The molecule has 57 valence electrons. The molecule has 0 aliphatic carbocycles. The molecule has 1 heteroatoms. The Morgan fingerprint density at radius 2 is 2.09 bits per heavy atom. The maximum Gasteiger partial charge on any atom is 0.0636 e. The van der Waals surface area contributed by atoms with Crippen LogP contribution in [0.1, 0.15) is 30.9 Å². The lowest BCUT2D eigenvalue weighted by Gasteiger charge is -2.04. The lowest BCUT2D eigenvalue weighted by atomic mass is 10.0. The molecule has 0 heterocycles. The highest BCUT2D eigenvalue weighted by Crippen LogP contribution is 2.14. The Kier molecular flexibility index (Phi) is 2.77. The molecule has 0 fully saturated rings. The van der Waals surface area contributed by atoms with Gasteiger partial charge in [0.1, 0.15) is 0 Å². The molecule has 1 radical (unpaired) electrons. The fourth-order valence-electron chi connectivity index (χ4n) is 0.961. The third-order valence-electron chi connectivity index (χ3n) is 1.67. The standard InChI is InChI=1S/C10H11S/c1-8(2)10-5-3-4-9(6-10)7-11/h3-6,8H,1-2H3. The van der Waals surface area contributed by atoms with Crippen molar-refractivity contribution < 1.29 is 0 Å². The van der Waals surface area contributed by atoms with E-state index in [1.165, 1.54) is 5.56 Å². The molecule has 0 amide bonds. The Labute approximate surface area is 73.2 Å². The number of hydrogen-bond acceptors (Lipinski definition) is 1. The molecule has 1 aromatic rings. The molecular weight excluding hydrogens is 152 g/mol. The van der Waals surface area contributed by atoms with Crippen LogP contribution in [-0.2, 0) is 0 Å². The van der Waals surface area contributed by atoms with Gasteiger partial charge in [0.15, 0.2) is 0 Å². The summed E-state index contributed by atoms with van der Waals surface area (Å²) in [5, 5.41) is 2.71. The zero-order valence-electron chi connectivity index (χ0n) is 6.79. The lowest BCUT2D eigenvalue weighted by Crippen LogP contribution is -1.88. The highest BCUT2D eigenvalue weighted by Gasteiger charge is 1.97. The summed E-state index contributed by atoms with van der Waals surface area (Å²) in [7, 11) is 0. The first kappa shape index (κ1) is 8.41. The van der Waals surface area contributed by atoms with E-state index in [4.69, 9.17) is 12.2 Å². The van der Waals surface area contributed by atoms with Crippen LogP contribution in [0, 0.1) is 0 Å². The van der Waals surface area contributed by atoms with E-state index in [-0.39, 0.29) is 0 Å². The average Bonchev–Trinajstić information content (AvgIpc) is 2.05. The molecular formula is C10H11S. The predicted molar refractivity (Wildman–Crippen MR) is 52.2 cm³/mol. The average molecular weight is 163 g/mol. The second kappa shape index (κ2) is 3.63. The zero-order valence-corrected chi connectivity index (χ0v) is 7.61. The maximum atomic E-state index is 4.71. The van der Waals surface area contributed by atoms with Crippen LogP contribution in [0.25, 0.3) is 0 Å². The van der Waals surface area contributed by atoms with Crippen LogP contribution in [0.3, 0.4) is 0 Å². The van der Waals surface area contributed by atoms with Crippen LogP contribution in [0.4, 0.5) is 0 Å². The molecule has 0 N–H and O–H groups in total. The molecule has 0 saturated carbocycles. The largest absolute Gasteiger partial charge is 0.0778 e. The molecule has 0 unspecified atom stereocenters. The van der Waals surface area contributed by atoms with Crippen LogP contribution in [0.2, 0.25) is 0 Å². The second-order valence-electron chi connectivity index (χ2n) is 2.88. The van der Waals surface area contributed by atoms with Gasteiger partial charge < -0.3 is 0 Å². The van der Waals surface area contributed by atoms with Crippen LogP contribution in [-0.4, -0.2) is 5.37 Å². The SMILES string of the molecule is CC(C)c1cccc([C]=S)c1. The Balaban J connectivity index is 3.00. The van der Waals surface area contributed by atoms with Gasteiger partial charge in [-0.3, -0.25) is 0 Å². The Hall–Kier alpha value is -0.690. The minimum Gasteiger partial charge on any atom is -0.0778 e. The van der Waals surface area contributed by atoms with Crippen molar-refractivity contribution in [3.05, 3.63) is 35.4 Å². The minimum absolute atomic E-state index is 0.568. The van der Waals surface area contributed by atoms with Crippen molar-refractivity contribution in [2.45, 2.75) is 19.8 Å². The first-order chi connectivity index (χ1) is 5.24. The van der Waals surface area contributed by atoms with Crippen LogP contribution in [0.5, 0.6) is 0 Å². The van der Waals surface area contributed by atoms with Gasteiger partial charge in [-0.2, -0.15) is 0 Å². The molecule has 1 aromatic carbocycles. The van der Waals surface area contributed by atoms with Crippen molar-refractivity contribution in [3.63, 3.8) is 0 Å². The van der Waals surface area contributed by atoms with Crippen molar-refractivity contribution in [1.82, 2.24) is 0 Å². The van der Waals surface area contributed by atoms with E-state index in [0.29, 0.717) is 5.92 Å². The van der Waals surface area contributed by atoms with Crippen molar-refractivity contribution in [3.8, 4) is 0 Å². The molecule has 0 aromatic heterocycles. The lowest BCUT2D eigenvalue weighted by molar-refractivity contribution is 0.866. The van der Waals surface area contributed by atoms with E-state index in [1.54, 1.807) is 0 Å². The van der Waals surface area contributed by atoms with Crippen LogP contribution in [0.15, 0.2) is 24.3 Å². The van der Waals surface area contributed by atoms with E-state index >= 15 is 0 Å². The molecule has 1 rings (SSSR count). The number of thiocarbonyl (C=S) groups is 1. The normalized spacial score (nSPS) is 10.1. The number of hydrogen-bond donors (Lipinski definition) is 0. The first-order valence-electron chi connectivity index (χ1n) is 3.72. The fraction of sp³-hybridized carbons (Fsp3) is 0.300. The summed E-state index contributed by atoms with van der Waals surface area (Å²) in [6, 6.07) is 8.18. The molecule has 0 atom stereocenters. The van der Waals surface area contributed by atoms with Crippen molar-refractivity contribution >= 4 is 17.6 Å². The van der Waals surface area contributed by atoms with Gasteiger partial charge in [0.05, 0.1) is 5.37 Å².